The molecule has 0 spiro atoms. The Labute approximate surface area is 94.4 Å². The van der Waals surface area contributed by atoms with Crippen LogP contribution in [0.25, 0.3) is 0 Å². The fourth-order valence-corrected chi connectivity index (χ4v) is 1.57. The second kappa shape index (κ2) is 6.44. The predicted molar refractivity (Wildman–Crippen MR) is 54.8 cm³/mol. The maximum atomic E-state index is 11.8. The standard InChI is InChI=1S/C10H17NO5/c1-14-5-3-9(12)11-4-6-16-7-8(11)10(13)15-2/h8H,3-7H2,1-2H3. The van der Waals surface area contributed by atoms with Crippen LogP contribution in [0.15, 0.2) is 0 Å². The van der Waals surface area contributed by atoms with E-state index in [-0.39, 0.29) is 18.9 Å². The van der Waals surface area contributed by atoms with Crippen molar-refractivity contribution in [3.05, 3.63) is 0 Å². The second-order valence-corrected chi connectivity index (χ2v) is 3.44. The summed E-state index contributed by atoms with van der Waals surface area (Å²) < 4.78 is 14.6. The lowest BCUT2D eigenvalue weighted by molar-refractivity contribution is -0.161. The number of esters is 1. The lowest BCUT2D eigenvalue weighted by atomic mass is 10.2. The number of methoxy groups -OCH3 is 2. The zero-order chi connectivity index (χ0) is 12.0. The van der Waals surface area contributed by atoms with Crippen LogP contribution in [0.4, 0.5) is 0 Å². The number of hydrogen-bond donors (Lipinski definition) is 0. The highest BCUT2D eigenvalue weighted by molar-refractivity contribution is 5.84. The van der Waals surface area contributed by atoms with Crippen LogP contribution in [-0.2, 0) is 23.8 Å². The van der Waals surface area contributed by atoms with Crippen LogP contribution < -0.4 is 0 Å². The molecule has 0 aliphatic carbocycles. The Morgan fingerprint density at radius 2 is 2.19 bits per heavy atom. The first kappa shape index (κ1) is 12.9. The summed E-state index contributed by atoms with van der Waals surface area (Å²) in [5.41, 5.74) is 0. The van der Waals surface area contributed by atoms with Gasteiger partial charge in [0.05, 0.1) is 33.4 Å². The van der Waals surface area contributed by atoms with E-state index in [0.29, 0.717) is 19.8 Å². The predicted octanol–water partition coefficient (Wildman–Crippen LogP) is -0.577. The second-order valence-electron chi connectivity index (χ2n) is 3.44. The van der Waals surface area contributed by atoms with Crippen molar-refractivity contribution in [2.45, 2.75) is 12.5 Å². The van der Waals surface area contributed by atoms with Crippen molar-refractivity contribution in [1.29, 1.82) is 0 Å². The third-order valence-electron chi connectivity index (χ3n) is 2.44. The molecule has 1 unspecified atom stereocenters. The van der Waals surface area contributed by atoms with Gasteiger partial charge in [-0.2, -0.15) is 0 Å². The Bertz CT molecular complexity index is 256. The number of carbonyl (C=O) groups is 2. The summed E-state index contributed by atoms with van der Waals surface area (Å²) in [6, 6.07) is -0.622. The van der Waals surface area contributed by atoms with Crippen LogP contribution in [0.3, 0.4) is 0 Å². The van der Waals surface area contributed by atoms with Gasteiger partial charge in [-0.15, -0.1) is 0 Å². The van der Waals surface area contributed by atoms with Gasteiger partial charge in [-0.25, -0.2) is 4.79 Å². The number of carbonyl (C=O) groups excluding carboxylic acids is 2. The minimum absolute atomic E-state index is 0.111. The molecular formula is C10H17NO5. The van der Waals surface area contributed by atoms with E-state index in [0.717, 1.165) is 0 Å². The molecule has 0 N–H and O–H groups in total. The molecule has 0 aromatic carbocycles. The molecule has 1 fully saturated rings. The van der Waals surface area contributed by atoms with E-state index < -0.39 is 12.0 Å². The molecular weight excluding hydrogens is 214 g/mol. The lowest BCUT2D eigenvalue weighted by Gasteiger charge is -2.33. The van der Waals surface area contributed by atoms with Gasteiger partial charge in [-0.3, -0.25) is 4.79 Å². The third kappa shape index (κ3) is 3.18. The van der Waals surface area contributed by atoms with Crippen LogP contribution in [0.1, 0.15) is 6.42 Å². The highest BCUT2D eigenvalue weighted by Gasteiger charge is 2.33. The fraction of sp³-hybridized carbons (Fsp3) is 0.800. The zero-order valence-electron chi connectivity index (χ0n) is 9.60. The number of hydrogen-bond acceptors (Lipinski definition) is 5. The van der Waals surface area contributed by atoms with Gasteiger partial charge in [0, 0.05) is 13.7 Å². The number of ether oxygens (including phenoxy) is 3. The number of amides is 1. The molecule has 1 aliphatic heterocycles. The van der Waals surface area contributed by atoms with Gasteiger partial charge in [-0.05, 0) is 0 Å². The van der Waals surface area contributed by atoms with Crippen molar-refractivity contribution in [2.24, 2.45) is 0 Å². The largest absolute Gasteiger partial charge is 0.467 e. The monoisotopic (exact) mass is 231 g/mol. The average Bonchev–Trinajstić information content (AvgIpc) is 2.35. The van der Waals surface area contributed by atoms with Gasteiger partial charge in [0.25, 0.3) is 0 Å². The Hall–Kier alpha value is -1.14. The number of morpholine rings is 1. The van der Waals surface area contributed by atoms with Crippen LogP contribution >= 0.6 is 0 Å². The molecule has 1 rings (SSSR count). The Balaban J connectivity index is 2.59. The smallest absolute Gasteiger partial charge is 0.331 e. The summed E-state index contributed by atoms with van der Waals surface area (Å²) in [6.07, 6.45) is 0.268. The van der Waals surface area contributed by atoms with E-state index in [2.05, 4.69) is 4.74 Å². The molecule has 16 heavy (non-hydrogen) atoms. The van der Waals surface area contributed by atoms with Gasteiger partial charge in [0.15, 0.2) is 6.04 Å². The van der Waals surface area contributed by atoms with Crippen LogP contribution in [-0.4, -0.2) is 63.4 Å². The van der Waals surface area contributed by atoms with E-state index in [4.69, 9.17) is 9.47 Å². The Kier molecular flexibility index (Phi) is 5.21. The van der Waals surface area contributed by atoms with Crippen LogP contribution in [0.2, 0.25) is 0 Å². The number of nitrogens with zero attached hydrogens (tertiary/aromatic N) is 1. The topological polar surface area (TPSA) is 65.1 Å². The van der Waals surface area contributed by atoms with Crippen molar-refractivity contribution in [2.75, 3.05) is 40.6 Å². The van der Waals surface area contributed by atoms with Crippen molar-refractivity contribution in [3.8, 4) is 0 Å². The molecule has 0 radical (unpaired) electrons. The third-order valence-corrected chi connectivity index (χ3v) is 2.44. The lowest BCUT2D eigenvalue weighted by Crippen LogP contribution is -2.53. The molecule has 1 amide bonds. The molecule has 6 heteroatoms. The molecule has 0 aromatic rings. The maximum Gasteiger partial charge on any atom is 0.331 e. The fourth-order valence-electron chi connectivity index (χ4n) is 1.57. The van der Waals surface area contributed by atoms with Gasteiger partial charge >= 0.3 is 5.97 Å². The first-order valence-corrected chi connectivity index (χ1v) is 5.14. The van der Waals surface area contributed by atoms with E-state index in [1.165, 1.54) is 19.1 Å². The maximum absolute atomic E-state index is 11.8. The minimum atomic E-state index is -0.622. The van der Waals surface area contributed by atoms with Gasteiger partial charge in [0.2, 0.25) is 5.91 Å². The molecule has 1 atom stereocenters. The van der Waals surface area contributed by atoms with Crippen molar-refractivity contribution in [1.82, 2.24) is 4.90 Å². The molecule has 1 aliphatic rings. The SMILES string of the molecule is COCCC(=O)N1CCOCC1C(=O)OC. The van der Waals surface area contributed by atoms with Crippen molar-refractivity contribution >= 4 is 11.9 Å². The van der Waals surface area contributed by atoms with E-state index in [9.17, 15) is 9.59 Å². The summed E-state index contributed by atoms with van der Waals surface area (Å²) in [5, 5.41) is 0. The molecule has 1 heterocycles. The number of rotatable bonds is 4. The van der Waals surface area contributed by atoms with Gasteiger partial charge in [-0.1, -0.05) is 0 Å². The highest BCUT2D eigenvalue weighted by atomic mass is 16.5. The average molecular weight is 231 g/mol. The highest BCUT2D eigenvalue weighted by Crippen LogP contribution is 2.10. The zero-order valence-corrected chi connectivity index (χ0v) is 9.60. The van der Waals surface area contributed by atoms with Crippen molar-refractivity contribution < 1.29 is 23.8 Å². The van der Waals surface area contributed by atoms with Gasteiger partial charge < -0.3 is 19.1 Å². The normalized spacial score (nSPS) is 20.6. The molecule has 0 bridgehead atoms. The quantitative estimate of drug-likeness (QED) is 0.606. The summed E-state index contributed by atoms with van der Waals surface area (Å²) in [6.45, 7) is 1.42. The molecule has 0 aromatic heterocycles. The molecule has 6 nitrogen and oxygen atoms in total. The van der Waals surface area contributed by atoms with Crippen LogP contribution in [0, 0.1) is 0 Å². The van der Waals surface area contributed by atoms with Gasteiger partial charge in [0.1, 0.15) is 0 Å². The van der Waals surface area contributed by atoms with E-state index >= 15 is 0 Å². The molecule has 92 valence electrons. The summed E-state index contributed by atoms with van der Waals surface area (Å²) in [4.78, 5) is 24.7. The summed E-state index contributed by atoms with van der Waals surface area (Å²) in [7, 11) is 2.83. The van der Waals surface area contributed by atoms with E-state index in [1.54, 1.807) is 0 Å². The Morgan fingerprint density at radius 3 is 2.81 bits per heavy atom. The van der Waals surface area contributed by atoms with Crippen molar-refractivity contribution in [3.63, 3.8) is 0 Å². The van der Waals surface area contributed by atoms with E-state index in [1.807, 2.05) is 0 Å². The first-order valence-electron chi connectivity index (χ1n) is 5.14. The first-order chi connectivity index (χ1) is 7.70. The van der Waals surface area contributed by atoms with Crippen LogP contribution in [0.5, 0.6) is 0 Å². The molecule has 0 saturated carbocycles. The molecule has 1 saturated heterocycles. The summed E-state index contributed by atoms with van der Waals surface area (Å²) in [5.74, 6) is -0.550. The Morgan fingerprint density at radius 1 is 1.44 bits per heavy atom. The summed E-state index contributed by atoms with van der Waals surface area (Å²) >= 11 is 0. The minimum Gasteiger partial charge on any atom is -0.467 e.